The van der Waals surface area contributed by atoms with Gasteiger partial charge in [-0.05, 0) is 29.8 Å². The van der Waals surface area contributed by atoms with E-state index in [0.717, 1.165) is 11.4 Å². The van der Waals surface area contributed by atoms with Gasteiger partial charge in [-0.2, -0.15) is 0 Å². The van der Waals surface area contributed by atoms with E-state index in [1.165, 1.54) is 5.56 Å². The highest BCUT2D eigenvalue weighted by atomic mass is 16.5. The Morgan fingerprint density at radius 2 is 2.06 bits per heavy atom. The smallest absolute Gasteiger partial charge is 0.118 e. The topological polar surface area (TPSA) is 34.4 Å². The van der Waals surface area contributed by atoms with Gasteiger partial charge in [-0.15, -0.1) is 0 Å². The third-order valence-corrected chi connectivity index (χ3v) is 3.39. The second kappa shape index (κ2) is 3.93. The van der Waals surface area contributed by atoms with Gasteiger partial charge in [0.2, 0.25) is 0 Å². The summed E-state index contributed by atoms with van der Waals surface area (Å²) in [6.07, 6.45) is 1.72. The van der Waals surface area contributed by atoms with Crippen molar-refractivity contribution >= 4 is 5.69 Å². The van der Waals surface area contributed by atoms with Crippen LogP contribution in [-0.4, -0.2) is 20.3 Å². The number of nitrogens with one attached hydrogen (secondary N) is 1. The average molecular weight is 229 g/mol. The van der Waals surface area contributed by atoms with Crippen molar-refractivity contribution in [1.29, 1.82) is 0 Å². The Morgan fingerprint density at radius 1 is 1.18 bits per heavy atom. The van der Waals surface area contributed by atoms with Crippen molar-refractivity contribution in [3.05, 3.63) is 54.0 Å². The first kappa shape index (κ1) is 10.4. The number of anilines is 1. The van der Waals surface area contributed by atoms with Gasteiger partial charge in [0.05, 0.1) is 24.9 Å². The van der Waals surface area contributed by atoms with Crippen molar-refractivity contribution < 1.29 is 9.15 Å². The van der Waals surface area contributed by atoms with E-state index < -0.39 is 0 Å². The summed E-state index contributed by atoms with van der Waals surface area (Å²) in [5, 5.41) is 3.16. The Hall–Kier alpha value is -1.74. The van der Waals surface area contributed by atoms with Crippen LogP contribution in [0, 0.1) is 0 Å². The number of furan rings is 1. The molecule has 0 atom stereocenters. The zero-order chi connectivity index (χ0) is 11.7. The molecule has 1 aromatic heterocycles. The molecule has 3 rings (SSSR count). The van der Waals surface area contributed by atoms with Crippen molar-refractivity contribution in [3.8, 4) is 0 Å². The number of rotatable bonds is 3. The lowest BCUT2D eigenvalue weighted by molar-refractivity contribution is -0.0475. The van der Waals surface area contributed by atoms with Crippen molar-refractivity contribution in [2.75, 3.05) is 25.6 Å². The van der Waals surface area contributed by atoms with Crippen LogP contribution in [0.3, 0.4) is 0 Å². The molecule has 2 heterocycles. The van der Waals surface area contributed by atoms with Gasteiger partial charge < -0.3 is 14.5 Å². The maximum absolute atomic E-state index is 5.57. The van der Waals surface area contributed by atoms with Gasteiger partial charge in [-0.3, -0.25) is 0 Å². The highest BCUT2D eigenvalue weighted by molar-refractivity contribution is 5.50. The zero-order valence-electron chi connectivity index (χ0n) is 9.77. The fourth-order valence-corrected chi connectivity index (χ4v) is 2.28. The molecule has 1 N–H and O–H groups in total. The monoisotopic (exact) mass is 229 g/mol. The van der Waals surface area contributed by atoms with Crippen LogP contribution in [0.25, 0.3) is 0 Å². The molecule has 0 bridgehead atoms. The van der Waals surface area contributed by atoms with Crippen molar-refractivity contribution in [1.82, 2.24) is 0 Å². The predicted octanol–water partition coefficient (Wildman–Crippen LogP) is 2.64. The van der Waals surface area contributed by atoms with E-state index in [1.54, 1.807) is 6.26 Å². The third-order valence-electron chi connectivity index (χ3n) is 3.39. The molecule has 0 radical (unpaired) electrons. The number of hydrogen-bond acceptors (Lipinski definition) is 3. The summed E-state index contributed by atoms with van der Waals surface area (Å²) < 4.78 is 11.0. The molecule has 0 unspecified atom stereocenters. The normalized spacial score (nSPS) is 17.5. The minimum atomic E-state index is -0.101. The molecule has 1 saturated heterocycles. The van der Waals surface area contributed by atoms with E-state index >= 15 is 0 Å². The first-order valence-electron chi connectivity index (χ1n) is 5.75. The summed E-state index contributed by atoms with van der Waals surface area (Å²) >= 11 is 0. The second-order valence-corrected chi connectivity index (χ2v) is 4.38. The quantitative estimate of drug-likeness (QED) is 0.878. The molecule has 1 aliphatic rings. The number of benzene rings is 1. The van der Waals surface area contributed by atoms with Crippen LogP contribution < -0.4 is 5.32 Å². The molecule has 88 valence electrons. The fraction of sp³-hybridized carbons (Fsp3) is 0.286. The summed E-state index contributed by atoms with van der Waals surface area (Å²) in [7, 11) is 1.93. The molecular weight excluding hydrogens is 214 g/mol. The van der Waals surface area contributed by atoms with Crippen LogP contribution in [0.4, 0.5) is 5.69 Å². The van der Waals surface area contributed by atoms with Crippen LogP contribution in [0.15, 0.2) is 47.1 Å². The lowest BCUT2D eigenvalue weighted by atomic mass is 9.76. The van der Waals surface area contributed by atoms with Crippen LogP contribution in [-0.2, 0) is 10.2 Å². The van der Waals surface area contributed by atoms with Crippen molar-refractivity contribution in [3.63, 3.8) is 0 Å². The molecule has 2 aromatic rings. The standard InChI is InChI=1S/C14H15NO2/c1-15-12-5-2-4-11(8-12)14(9-16-10-14)13-6-3-7-17-13/h2-8,15H,9-10H2,1H3. The maximum atomic E-state index is 5.57. The molecule has 1 aliphatic heterocycles. The Bertz CT molecular complexity index is 501. The summed E-state index contributed by atoms with van der Waals surface area (Å²) in [5.41, 5.74) is 2.25. The van der Waals surface area contributed by atoms with Crippen LogP contribution in [0.5, 0.6) is 0 Å². The third kappa shape index (κ3) is 1.54. The summed E-state index contributed by atoms with van der Waals surface area (Å²) in [6, 6.07) is 12.4. The van der Waals surface area contributed by atoms with Gasteiger partial charge in [0, 0.05) is 12.7 Å². The molecule has 0 aliphatic carbocycles. The molecule has 0 amide bonds. The molecule has 3 heteroatoms. The van der Waals surface area contributed by atoms with Gasteiger partial charge in [-0.25, -0.2) is 0 Å². The highest BCUT2D eigenvalue weighted by Gasteiger charge is 2.44. The summed E-state index contributed by atoms with van der Waals surface area (Å²) in [6.45, 7) is 1.38. The molecule has 1 aromatic carbocycles. The first-order chi connectivity index (χ1) is 8.35. The molecule has 17 heavy (non-hydrogen) atoms. The highest BCUT2D eigenvalue weighted by Crippen LogP contribution is 2.40. The molecule has 0 saturated carbocycles. The molecule has 0 spiro atoms. The second-order valence-electron chi connectivity index (χ2n) is 4.38. The molecular formula is C14H15NO2. The Kier molecular flexibility index (Phi) is 2.41. The van der Waals surface area contributed by atoms with Crippen LogP contribution in [0.2, 0.25) is 0 Å². The average Bonchev–Trinajstić information content (AvgIpc) is 2.82. The zero-order valence-corrected chi connectivity index (χ0v) is 9.77. The van der Waals surface area contributed by atoms with Gasteiger partial charge in [0.15, 0.2) is 0 Å². The summed E-state index contributed by atoms with van der Waals surface area (Å²) in [4.78, 5) is 0. The number of hydrogen-bond donors (Lipinski definition) is 1. The van der Waals surface area contributed by atoms with Crippen LogP contribution >= 0.6 is 0 Å². The van der Waals surface area contributed by atoms with Crippen LogP contribution in [0.1, 0.15) is 11.3 Å². The number of ether oxygens (including phenoxy) is 1. The van der Waals surface area contributed by atoms with E-state index in [4.69, 9.17) is 9.15 Å². The van der Waals surface area contributed by atoms with E-state index in [-0.39, 0.29) is 5.41 Å². The Balaban J connectivity index is 2.05. The SMILES string of the molecule is CNc1cccc(C2(c3ccco3)COC2)c1. The fourth-order valence-electron chi connectivity index (χ4n) is 2.28. The lowest BCUT2D eigenvalue weighted by Gasteiger charge is -2.40. The largest absolute Gasteiger partial charge is 0.468 e. The van der Waals surface area contributed by atoms with E-state index in [2.05, 4.69) is 29.6 Å². The Labute approximate surface area is 100 Å². The minimum absolute atomic E-state index is 0.101. The van der Waals surface area contributed by atoms with Gasteiger partial charge >= 0.3 is 0 Å². The Morgan fingerprint density at radius 3 is 2.65 bits per heavy atom. The van der Waals surface area contributed by atoms with E-state index in [1.807, 2.05) is 19.2 Å². The van der Waals surface area contributed by atoms with Gasteiger partial charge in [0.25, 0.3) is 0 Å². The summed E-state index contributed by atoms with van der Waals surface area (Å²) in [5.74, 6) is 0.983. The molecule has 1 fully saturated rings. The van der Waals surface area contributed by atoms with Gasteiger partial charge in [-0.1, -0.05) is 12.1 Å². The van der Waals surface area contributed by atoms with E-state index in [0.29, 0.717) is 13.2 Å². The lowest BCUT2D eigenvalue weighted by Crippen LogP contribution is -2.47. The predicted molar refractivity (Wildman–Crippen MR) is 66.3 cm³/mol. The minimum Gasteiger partial charge on any atom is -0.468 e. The first-order valence-corrected chi connectivity index (χ1v) is 5.75. The maximum Gasteiger partial charge on any atom is 0.118 e. The van der Waals surface area contributed by atoms with E-state index in [9.17, 15) is 0 Å². The van der Waals surface area contributed by atoms with Crippen molar-refractivity contribution in [2.24, 2.45) is 0 Å². The molecule has 3 nitrogen and oxygen atoms in total. The van der Waals surface area contributed by atoms with Gasteiger partial charge in [0.1, 0.15) is 5.76 Å². The van der Waals surface area contributed by atoms with Crippen molar-refractivity contribution in [2.45, 2.75) is 5.41 Å².